The van der Waals surface area contributed by atoms with Crippen molar-refractivity contribution >= 4 is 36.3 Å². The molecule has 0 saturated heterocycles. The van der Waals surface area contributed by atoms with Crippen LogP contribution >= 0.6 is 11.3 Å². The van der Waals surface area contributed by atoms with E-state index < -0.39 is 8.32 Å². The molecule has 1 aliphatic carbocycles. The Bertz CT molecular complexity index is 1060. The number of rotatable bonds is 5. The first-order valence-corrected chi connectivity index (χ1v) is 13.3. The second-order valence-electron chi connectivity index (χ2n) is 9.12. The molecule has 0 atom stereocenters. The molecule has 0 spiro atoms. The molecule has 3 aromatic rings. The SMILES string of the molecule is CC(C)(C)[Si](C)(C)OC1(c2csc(C(=O)c3c[nH]c4cc(F)ccc34)n2)CC1. The summed E-state index contributed by atoms with van der Waals surface area (Å²) in [5, 5.41) is 3.24. The number of aromatic nitrogens is 2. The van der Waals surface area contributed by atoms with Crippen LogP contribution in [0.15, 0.2) is 29.8 Å². The van der Waals surface area contributed by atoms with Crippen LogP contribution in [0.3, 0.4) is 0 Å². The van der Waals surface area contributed by atoms with E-state index in [4.69, 9.17) is 4.43 Å². The Morgan fingerprint density at radius 3 is 2.68 bits per heavy atom. The van der Waals surface area contributed by atoms with E-state index in [1.807, 2.05) is 5.38 Å². The van der Waals surface area contributed by atoms with Crippen molar-refractivity contribution < 1.29 is 13.6 Å². The van der Waals surface area contributed by atoms with Crippen molar-refractivity contribution in [3.63, 3.8) is 0 Å². The number of halogens is 1. The number of aromatic amines is 1. The molecule has 1 aromatic carbocycles. The van der Waals surface area contributed by atoms with Crippen LogP contribution in [0.25, 0.3) is 10.9 Å². The Kier molecular flexibility index (Phi) is 4.41. The van der Waals surface area contributed by atoms with Crippen LogP contribution in [0.4, 0.5) is 4.39 Å². The lowest BCUT2D eigenvalue weighted by Crippen LogP contribution is -2.44. The molecule has 0 aliphatic heterocycles. The summed E-state index contributed by atoms with van der Waals surface area (Å²) in [7, 11) is -1.93. The van der Waals surface area contributed by atoms with Crippen LogP contribution in [0.2, 0.25) is 18.1 Å². The molecule has 148 valence electrons. The molecular weight excluding hydrogens is 391 g/mol. The van der Waals surface area contributed by atoms with E-state index in [0.717, 1.165) is 18.5 Å². The molecular formula is C21H25FN2O2SSi. The molecule has 0 radical (unpaired) electrons. The van der Waals surface area contributed by atoms with Crippen LogP contribution < -0.4 is 0 Å². The van der Waals surface area contributed by atoms with Crippen molar-refractivity contribution in [3.05, 3.63) is 51.9 Å². The lowest BCUT2D eigenvalue weighted by atomic mass is 10.1. The van der Waals surface area contributed by atoms with Crippen LogP contribution in [-0.4, -0.2) is 24.1 Å². The van der Waals surface area contributed by atoms with Gasteiger partial charge in [-0.1, -0.05) is 20.8 Å². The molecule has 2 aromatic heterocycles. The number of ketones is 1. The van der Waals surface area contributed by atoms with Gasteiger partial charge in [0.15, 0.2) is 13.3 Å². The van der Waals surface area contributed by atoms with Gasteiger partial charge in [0.05, 0.1) is 16.9 Å². The highest BCUT2D eigenvalue weighted by Gasteiger charge is 2.54. The first kappa shape index (κ1) is 19.5. The minimum absolute atomic E-state index is 0.122. The zero-order valence-electron chi connectivity index (χ0n) is 16.9. The summed E-state index contributed by atoms with van der Waals surface area (Å²) in [4.78, 5) is 20.7. The third kappa shape index (κ3) is 3.25. The molecule has 1 saturated carbocycles. The maximum Gasteiger partial charge on any atom is 0.223 e. The van der Waals surface area contributed by atoms with Crippen molar-refractivity contribution in [1.82, 2.24) is 9.97 Å². The fourth-order valence-electron chi connectivity index (χ4n) is 3.15. The molecule has 0 bridgehead atoms. The summed E-state index contributed by atoms with van der Waals surface area (Å²) < 4.78 is 20.1. The Morgan fingerprint density at radius 1 is 1.32 bits per heavy atom. The van der Waals surface area contributed by atoms with Gasteiger partial charge in [-0.05, 0) is 49.2 Å². The summed E-state index contributed by atoms with van der Waals surface area (Å²) in [6.45, 7) is 11.2. The van der Waals surface area contributed by atoms with Crippen molar-refractivity contribution in [2.24, 2.45) is 0 Å². The third-order valence-corrected chi connectivity index (χ3v) is 11.4. The number of hydrogen-bond donors (Lipinski definition) is 1. The maximum atomic E-state index is 13.4. The first-order valence-electron chi connectivity index (χ1n) is 9.50. The standard InChI is InChI=1S/C21H25FN2O2SSi/c1-20(2,3)28(4,5)26-21(8-9-21)17-12-27-19(24-17)18(25)15-11-23-16-10-13(22)6-7-14(15)16/h6-7,10-12,23H,8-9H2,1-5H3. The third-order valence-electron chi connectivity index (χ3n) is 6.01. The molecule has 1 N–H and O–H groups in total. The number of nitrogens with one attached hydrogen (secondary N) is 1. The maximum absolute atomic E-state index is 13.4. The quantitative estimate of drug-likeness (QED) is 0.410. The average molecular weight is 417 g/mol. The van der Waals surface area contributed by atoms with Gasteiger partial charge in [0.1, 0.15) is 5.82 Å². The van der Waals surface area contributed by atoms with Crippen LogP contribution in [0.1, 0.15) is 54.7 Å². The van der Waals surface area contributed by atoms with Gasteiger partial charge >= 0.3 is 0 Å². The lowest BCUT2D eigenvalue weighted by Gasteiger charge is -2.39. The first-order chi connectivity index (χ1) is 13.0. The molecule has 28 heavy (non-hydrogen) atoms. The van der Waals surface area contributed by atoms with E-state index in [0.29, 0.717) is 21.5 Å². The molecule has 0 amide bonds. The van der Waals surface area contributed by atoms with E-state index in [1.165, 1.54) is 23.5 Å². The zero-order valence-corrected chi connectivity index (χ0v) is 18.7. The van der Waals surface area contributed by atoms with Gasteiger partial charge in [-0.2, -0.15) is 0 Å². The number of nitrogens with zero attached hydrogens (tertiary/aromatic N) is 1. The highest BCUT2D eigenvalue weighted by atomic mass is 32.1. The van der Waals surface area contributed by atoms with E-state index >= 15 is 0 Å². The number of H-pyrrole nitrogens is 1. The predicted octanol–water partition coefficient (Wildman–Crippen LogP) is 6.01. The number of hydrogen-bond acceptors (Lipinski definition) is 4. The zero-order chi connectivity index (χ0) is 20.3. The van der Waals surface area contributed by atoms with Gasteiger partial charge in [-0.3, -0.25) is 4.79 Å². The smallest absolute Gasteiger partial charge is 0.223 e. The fraction of sp³-hybridized carbons (Fsp3) is 0.429. The summed E-state index contributed by atoms with van der Waals surface area (Å²) >= 11 is 1.35. The highest BCUT2D eigenvalue weighted by Crippen LogP contribution is 2.54. The highest BCUT2D eigenvalue weighted by molar-refractivity contribution is 7.12. The van der Waals surface area contributed by atoms with Gasteiger partial charge < -0.3 is 9.41 Å². The number of thiazole rings is 1. The Morgan fingerprint density at radius 2 is 2.04 bits per heavy atom. The Labute approximate surface area is 169 Å². The molecule has 1 aliphatic rings. The van der Waals surface area contributed by atoms with Crippen molar-refractivity contribution in [2.45, 2.75) is 57.3 Å². The van der Waals surface area contributed by atoms with Gasteiger partial charge in [-0.15, -0.1) is 11.3 Å². The minimum atomic E-state index is -1.93. The molecule has 4 nitrogen and oxygen atoms in total. The lowest BCUT2D eigenvalue weighted by molar-refractivity contribution is 0.103. The van der Waals surface area contributed by atoms with E-state index in [1.54, 1.807) is 12.3 Å². The average Bonchev–Trinajstić information content (AvgIpc) is 3.05. The monoisotopic (exact) mass is 416 g/mol. The van der Waals surface area contributed by atoms with Crippen molar-refractivity contribution in [2.75, 3.05) is 0 Å². The molecule has 1 fully saturated rings. The Hall–Kier alpha value is -1.83. The molecule has 2 heterocycles. The minimum Gasteiger partial charge on any atom is -0.406 e. The van der Waals surface area contributed by atoms with E-state index in [-0.39, 0.29) is 22.2 Å². The summed E-state index contributed by atoms with van der Waals surface area (Å²) in [6, 6.07) is 4.39. The van der Waals surface area contributed by atoms with Crippen molar-refractivity contribution in [1.29, 1.82) is 0 Å². The molecule has 0 unspecified atom stereocenters. The van der Waals surface area contributed by atoms with Gasteiger partial charge in [0.2, 0.25) is 5.78 Å². The normalized spacial score (nSPS) is 16.5. The number of carbonyl (C=O) groups is 1. The van der Waals surface area contributed by atoms with Gasteiger partial charge in [0.25, 0.3) is 0 Å². The summed E-state index contributed by atoms with van der Waals surface area (Å²) in [5.74, 6) is -0.472. The summed E-state index contributed by atoms with van der Waals surface area (Å²) in [5.41, 5.74) is 1.67. The fourth-order valence-corrected chi connectivity index (χ4v) is 5.60. The number of carbonyl (C=O) groups excluding carboxylic acids is 1. The second-order valence-corrected chi connectivity index (χ2v) is 14.7. The van der Waals surface area contributed by atoms with E-state index in [9.17, 15) is 9.18 Å². The van der Waals surface area contributed by atoms with Crippen LogP contribution in [0, 0.1) is 5.82 Å². The van der Waals surface area contributed by atoms with E-state index in [2.05, 4.69) is 43.8 Å². The number of benzene rings is 1. The predicted molar refractivity (Wildman–Crippen MR) is 113 cm³/mol. The van der Waals surface area contributed by atoms with Gasteiger partial charge in [-0.25, -0.2) is 9.37 Å². The number of fused-ring (bicyclic) bond motifs is 1. The van der Waals surface area contributed by atoms with Crippen LogP contribution in [0.5, 0.6) is 0 Å². The molecule has 7 heteroatoms. The van der Waals surface area contributed by atoms with Crippen molar-refractivity contribution in [3.8, 4) is 0 Å². The largest absolute Gasteiger partial charge is 0.406 e. The van der Waals surface area contributed by atoms with Gasteiger partial charge in [0, 0.05) is 22.5 Å². The second kappa shape index (κ2) is 6.34. The molecule has 4 rings (SSSR count). The Balaban J connectivity index is 1.61. The summed E-state index contributed by atoms with van der Waals surface area (Å²) in [6.07, 6.45) is 3.53. The topological polar surface area (TPSA) is 55.0 Å². The van der Waals surface area contributed by atoms with Crippen LogP contribution in [-0.2, 0) is 10.0 Å².